The Balaban J connectivity index is 1.32. The van der Waals surface area contributed by atoms with Crippen molar-refractivity contribution >= 4 is 11.0 Å². The van der Waals surface area contributed by atoms with Crippen LogP contribution >= 0.6 is 0 Å². The van der Waals surface area contributed by atoms with E-state index in [0.717, 1.165) is 40.2 Å². The van der Waals surface area contributed by atoms with Crippen LogP contribution in [-0.2, 0) is 18.1 Å². The van der Waals surface area contributed by atoms with E-state index in [0.29, 0.717) is 35.1 Å². The Morgan fingerprint density at radius 3 is 2.44 bits per heavy atom. The average Bonchev–Trinajstić information content (AvgIpc) is 3.34. The molecule has 1 saturated carbocycles. The summed E-state index contributed by atoms with van der Waals surface area (Å²) >= 11 is 0. The first kappa shape index (κ1) is 24.8. The van der Waals surface area contributed by atoms with Gasteiger partial charge < -0.3 is 9.47 Å². The molecular formula is C26H23F3N8O2. The third kappa shape index (κ3) is 4.43. The fourth-order valence-corrected chi connectivity index (χ4v) is 4.46. The first-order chi connectivity index (χ1) is 18.7. The SMILES string of the molecule is COc1ncnc(C2(C)CC2)c1-c1ncc2cnn(Cc3ccc(-n4nc(C(F)(F)F)cc4OC)cc3)c2n1. The molecule has 0 bridgehead atoms. The van der Waals surface area contributed by atoms with Gasteiger partial charge in [0.15, 0.2) is 17.2 Å². The summed E-state index contributed by atoms with van der Waals surface area (Å²) in [6, 6.07) is 7.79. The Hall–Kier alpha value is -4.55. The van der Waals surface area contributed by atoms with Crippen molar-refractivity contribution in [3.8, 4) is 28.8 Å². The molecule has 0 N–H and O–H groups in total. The number of alkyl halides is 3. The molecule has 0 saturated heterocycles. The molecule has 1 aliphatic rings. The van der Waals surface area contributed by atoms with Gasteiger partial charge in [0, 0.05) is 17.7 Å². The highest BCUT2D eigenvalue weighted by atomic mass is 19.4. The molecular weight excluding hydrogens is 513 g/mol. The number of fused-ring (bicyclic) bond motifs is 1. The van der Waals surface area contributed by atoms with Crippen LogP contribution < -0.4 is 9.47 Å². The van der Waals surface area contributed by atoms with E-state index in [-0.39, 0.29) is 11.3 Å². The zero-order valence-electron chi connectivity index (χ0n) is 21.3. The zero-order chi connectivity index (χ0) is 27.4. The lowest BCUT2D eigenvalue weighted by Crippen LogP contribution is -2.10. The van der Waals surface area contributed by atoms with E-state index in [2.05, 4.69) is 32.1 Å². The van der Waals surface area contributed by atoms with Gasteiger partial charge in [-0.1, -0.05) is 19.1 Å². The quantitative estimate of drug-likeness (QED) is 0.297. The van der Waals surface area contributed by atoms with Gasteiger partial charge in [0.25, 0.3) is 0 Å². The van der Waals surface area contributed by atoms with E-state index in [1.54, 1.807) is 48.5 Å². The number of hydrogen-bond donors (Lipinski definition) is 0. The molecule has 1 aromatic carbocycles. The summed E-state index contributed by atoms with van der Waals surface area (Å²) in [6.45, 7) is 2.52. The third-order valence-corrected chi connectivity index (χ3v) is 6.87. The Labute approximate surface area is 220 Å². The molecule has 0 spiro atoms. The summed E-state index contributed by atoms with van der Waals surface area (Å²) in [5.41, 5.74) is 2.34. The summed E-state index contributed by atoms with van der Waals surface area (Å²) in [6.07, 6.45) is 2.33. The van der Waals surface area contributed by atoms with Crippen molar-refractivity contribution in [1.29, 1.82) is 0 Å². The summed E-state index contributed by atoms with van der Waals surface area (Å²) in [5, 5.41) is 8.90. The highest BCUT2D eigenvalue weighted by Gasteiger charge is 2.44. The Morgan fingerprint density at radius 1 is 1.00 bits per heavy atom. The van der Waals surface area contributed by atoms with Crippen LogP contribution in [0.4, 0.5) is 13.2 Å². The van der Waals surface area contributed by atoms with Crippen molar-refractivity contribution in [2.45, 2.75) is 37.9 Å². The predicted molar refractivity (Wildman–Crippen MR) is 134 cm³/mol. The van der Waals surface area contributed by atoms with Gasteiger partial charge in [-0.2, -0.15) is 23.4 Å². The fraction of sp³-hybridized carbons (Fsp3) is 0.308. The predicted octanol–water partition coefficient (Wildman–Crippen LogP) is 4.60. The number of hydrogen-bond acceptors (Lipinski definition) is 8. The molecule has 4 heterocycles. The third-order valence-electron chi connectivity index (χ3n) is 6.87. The lowest BCUT2D eigenvalue weighted by Gasteiger charge is -2.15. The summed E-state index contributed by atoms with van der Waals surface area (Å²) < 4.78 is 52.9. The molecule has 10 nitrogen and oxygen atoms in total. The van der Waals surface area contributed by atoms with Gasteiger partial charge in [0.2, 0.25) is 11.8 Å². The second-order valence-corrected chi connectivity index (χ2v) is 9.59. The lowest BCUT2D eigenvalue weighted by atomic mass is 9.99. The maximum atomic E-state index is 13.1. The van der Waals surface area contributed by atoms with Crippen LogP contribution in [0.15, 0.2) is 49.1 Å². The number of aromatic nitrogens is 8. The second kappa shape index (κ2) is 9.03. The van der Waals surface area contributed by atoms with Crippen LogP contribution in [0.1, 0.15) is 36.7 Å². The van der Waals surface area contributed by atoms with Crippen LogP contribution in [0.3, 0.4) is 0 Å². The van der Waals surface area contributed by atoms with Crippen molar-refractivity contribution in [2.24, 2.45) is 0 Å². The first-order valence-corrected chi connectivity index (χ1v) is 12.1. The van der Waals surface area contributed by atoms with Crippen molar-refractivity contribution < 1.29 is 22.6 Å². The van der Waals surface area contributed by atoms with Gasteiger partial charge >= 0.3 is 6.18 Å². The Bertz CT molecular complexity index is 1670. The minimum Gasteiger partial charge on any atom is -0.481 e. The number of rotatable bonds is 7. The molecule has 0 radical (unpaired) electrons. The van der Waals surface area contributed by atoms with Gasteiger partial charge in [-0.3, -0.25) is 0 Å². The molecule has 13 heteroatoms. The summed E-state index contributed by atoms with van der Waals surface area (Å²) in [4.78, 5) is 18.2. The molecule has 0 unspecified atom stereocenters. The minimum atomic E-state index is -4.58. The molecule has 0 aliphatic heterocycles. The summed E-state index contributed by atoms with van der Waals surface area (Å²) in [5.74, 6) is 0.848. The van der Waals surface area contributed by atoms with Crippen molar-refractivity contribution in [3.63, 3.8) is 0 Å². The van der Waals surface area contributed by atoms with Crippen molar-refractivity contribution in [1.82, 2.24) is 39.5 Å². The molecule has 4 aromatic heterocycles. The van der Waals surface area contributed by atoms with Gasteiger partial charge in [-0.05, 0) is 30.5 Å². The molecule has 1 aliphatic carbocycles. The first-order valence-electron chi connectivity index (χ1n) is 12.1. The van der Waals surface area contributed by atoms with E-state index >= 15 is 0 Å². The molecule has 6 rings (SSSR count). The van der Waals surface area contributed by atoms with Crippen LogP contribution in [0.2, 0.25) is 0 Å². The number of nitrogens with zero attached hydrogens (tertiary/aromatic N) is 8. The topological polar surface area (TPSA) is 106 Å². The van der Waals surface area contributed by atoms with E-state index in [4.69, 9.17) is 14.5 Å². The van der Waals surface area contributed by atoms with Crippen LogP contribution in [0, 0.1) is 0 Å². The summed E-state index contributed by atoms with van der Waals surface area (Å²) in [7, 11) is 2.85. The van der Waals surface area contributed by atoms with Crippen LogP contribution in [-0.4, -0.2) is 53.7 Å². The van der Waals surface area contributed by atoms with Gasteiger partial charge in [-0.25, -0.2) is 29.3 Å². The lowest BCUT2D eigenvalue weighted by molar-refractivity contribution is -0.141. The number of halogens is 3. The van der Waals surface area contributed by atoms with Crippen LogP contribution in [0.5, 0.6) is 11.8 Å². The van der Waals surface area contributed by atoms with Crippen LogP contribution in [0.25, 0.3) is 28.1 Å². The molecule has 200 valence electrons. The van der Waals surface area contributed by atoms with E-state index in [9.17, 15) is 13.2 Å². The fourth-order valence-electron chi connectivity index (χ4n) is 4.46. The molecule has 39 heavy (non-hydrogen) atoms. The largest absolute Gasteiger partial charge is 0.481 e. The van der Waals surface area contributed by atoms with Gasteiger partial charge in [0.1, 0.15) is 11.9 Å². The number of methoxy groups -OCH3 is 2. The molecule has 0 atom stereocenters. The van der Waals surface area contributed by atoms with E-state index in [1.165, 1.54) is 13.4 Å². The Kier molecular flexibility index (Phi) is 5.74. The highest BCUT2D eigenvalue weighted by Crippen LogP contribution is 2.50. The zero-order valence-corrected chi connectivity index (χ0v) is 21.3. The van der Waals surface area contributed by atoms with E-state index in [1.807, 2.05) is 0 Å². The van der Waals surface area contributed by atoms with E-state index < -0.39 is 11.9 Å². The molecule has 1 fully saturated rings. The van der Waals surface area contributed by atoms with Gasteiger partial charge in [0.05, 0.1) is 43.7 Å². The Morgan fingerprint density at radius 2 is 1.77 bits per heavy atom. The standard InChI is InChI=1S/C26H23F3N8O2/c1-25(8-9-25)21-20(24(39-3)32-14-31-21)22-30-11-16-12-33-36(23(16)34-22)13-15-4-6-17(7-5-15)37-19(38-2)10-18(35-37)26(27,28)29/h4-7,10-12,14H,8-9,13H2,1-3H3. The maximum absolute atomic E-state index is 13.1. The monoisotopic (exact) mass is 536 g/mol. The maximum Gasteiger partial charge on any atom is 0.435 e. The second-order valence-electron chi connectivity index (χ2n) is 9.59. The number of ether oxygens (including phenoxy) is 2. The number of benzene rings is 1. The molecule has 5 aromatic rings. The van der Waals surface area contributed by atoms with Crippen molar-refractivity contribution in [2.75, 3.05) is 14.2 Å². The molecule has 0 amide bonds. The highest BCUT2D eigenvalue weighted by molar-refractivity contribution is 5.77. The smallest absolute Gasteiger partial charge is 0.435 e. The van der Waals surface area contributed by atoms with Gasteiger partial charge in [-0.15, -0.1) is 0 Å². The normalized spacial score (nSPS) is 14.5. The van der Waals surface area contributed by atoms with Crippen molar-refractivity contribution in [3.05, 3.63) is 66.0 Å². The minimum absolute atomic E-state index is 0.0166. The average molecular weight is 537 g/mol.